The van der Waals surface area contributed by atoms with Crippen molar-refractivity contribution < 1.29 is 9.53 Å². The Morgan fingerprint density at radius 1 is 1.42 bits per heavy atom. The van der Waals surface area contributed by atoms with Crippen LogP contribution in [-0.2, 0) is 4.79 Å². The van der Waals surface area contributed by atoms with Crippen LogP contribution in [0, 0.1) is 5.92 Å². The monoisotopic (exact) mass is 326 g/mol. The SMILES string of the molecule is CN(CCOc1ccc(Br)cc1)C(=O)CC1CNC1. The van der Waals surface area contributed by atoms with E-state index in [1.54, 1.807) is 4.90 Å². The van der Waals surface area contributed by atoms with Gasteiger partial charge in [-0.25, -0.2) is 0 Å². The van der Waals surface area contributed by atoms with Gasteiger partial charge in [0.15, 0.2) is 0 Å². The highest BCUT2D eigenvalue weighted by molar-refractivity contribution is 9.10. The van der Waals surface area contributed by atoms with Crippen LogP contribution in [0.3, 0.4) is 0 Å². The minimum Gasteiger partial charge on any atom is -0.492 e. The molecule has 104 valence electrons. The summed E-state index contributed by atoms with van der Waals surface area (Å²) in [6.07, 6.45) is 0.641. The molecule has 2 rings (SSSR count). The average Bonchev–Trinajstić information content (AvgIpc) is 2.36. The number of likely N-dealkylation sites (N-methyl/N-ethyl adjacent to an activating group) is 1. The molecule has 1 aromatic rings. The van der Waals surface area contributed by atoms with Crippen LogP contribution in [0.15, 0.2) is 28.7 Å². The van der Waals surface area contributed by atoms with Crippen LogP contribution >= 0.6 is 15.9 Å². The molecule has 0 aromatic heterocycles. The van der Waals surface area contributed by atoms with Crippen LogP contribution in [-0.4, -0.2) is 44.1 Å². The van der Waals surface area contributed by atoms with Crippen LogP contribution in [0.2, 0.25) is 0 Å². The van der Waals surface area contributed by atoms with Gasteiger partial charge >= 0.3 is 0 Å². The molecule has 0 unspecified atom stereocenters. The van der Waals surface area contributed by atoms with Crippen LogP contribution in [0.4, 0.5) is 0 Å². The van der Waals surface area contributed by atoms with E-state index in [-0.39, 0.29) is 5.91 Å². The third-order valence-corrected chi connectivity index (χ3v) is 3.79. The van der Waals surface area contributed by atoms with Gasteiger partial charge in [0.25, 0.3) is 0 Å². The molecule has 0 aliphatic carbocycles. The Bertz CT molecular complexity index is 418. The van der Waals surface area contributed by atoms with Crippen LogP contribution in [0.25, 0.3) is 0 Å². The van der Waals surface area contributed by atoms with Gasteiger partial charge in [-0.1, -0.05) is 15.9 Å². The van der Waals surface area contributed by atoms with E-state index in [9.17, 15) is 4.79 Å². The van der Waals surface area contributed by atoms with Crippen molar-refractivity contribution in [2.75, 3.05) is 33.3 Å². The molecule has 4 nitrogen and oxygen atoms in total. The van der Waals surface area contributed by atoms with Gasteiger partial charge in [-0.3, -0.25) is 4.79 Å². The minimum atomic E-state index is 0.200. The molecule has 1 saturated heterocycles. The first-order chi connectivity index (χ1) is 9.15. The number of halogens is 1. The van der Waals surface area contributed by atoms with Crippen molar-refractivity contribution in [3.63, 3.8) is 0 Å². The Hall–Kier alpha value is -1.07. The molecular weight excluding hydrogens is 308 g/mol. The molecule has 0 saturated carbocycles. The van der Waals surface area contributed by atoms with Crippen LogP contribution in [0.5, 0.6) is 5.75 Å². The molecule has 19 heavy (non-hydrogen) atoms. The minimum absolute atomic E-state index is 0.200. The zero-order valence-electron chi connectivity index (χ0n) is 11.1. The highest BCUT2D eigenvalue weighted by Crippen LogP contribution is 2.16. The van der Waals surface area contributed by atoms with Gasteiger partial charge in [-0.15, -0.1) is 0 Å². The first kappa shape index (κ1) is 14.3. The second kappa shape index (κ2) is 6.91. The maximum absolute atomic E-state index is 11.9. The van der Waals surface area contributed by atoms with E-state index in [1.807, 2.05) is 31.3 Å². The summed E-state index contributed by atoms with van der Waals surface area (Å²) in [6.45, 7) is 3.08. The van der Waals surface area contributed by atoms with E-state index in [0.717, 1.165) is 23.3 Å². The predicted molar refractivity (Wildman–Crippen MR) is 78.3 cm³/mol. The third kappa shape index (κ3) is 4.51. The number of ether oxygens (including phenoxy) is 1. The third-order valence-electron chi connectivity index (χ3n) is 3.26. The number of hydrogen-bond acceptors (Lipinski definition) is 3. The number of carbonyl (C=O) groups excluding carboxylic acids is 1. The summed E-state index contributed by atoms with van der Waals surface area (Å²) < 4.78 is 6.63. The Balaban J connectivity index is 1.66. The number of amides is 1. The fourth-order valence-corrected chi connectivity index (χ4v) is 2.12. The van der Waals surface area contributed by atoms with Gasteiger partial charge < -0.3 is 15.0 Å². The van der Waals surface area contributed by atoms with E-state index in [0.29, 0.717) is 25.5 Å². The normalized spacial score (nSPS) is 14.8. The highest BCUT2D eigenvalue weighted by Gasteiger charge is 2.21. The van der Waals surface area contributed by atoms with E-state index >= 15 is 0 Å². The first-order valence-electron chi connectivity index (χ1n) is 6.48. The summed E-state index contributed by atoms with van der Waals surface area (Å²) in [5, 5.41) is 3.18. The lowest BCUT2D eigenvalue weighted by Gasteiger charge is -2.28. The number of carbonyl (C=O) groups is 1. The van der Waals surface area contributed by atoms with Crippen molar-refractivity contribution in [1.82, 2.24) is 10.2 Å². The number of hydrogen-bond donors (Lipinski definition) is 1. The molecule has 1 heterocycles. The summed E-state index contributed by atoms with van der Waals surface area (Å²) >= 11 is 3.38. The molecule has 1 aromatic carbocycles. The summed E-state index contributed by atoms with van der Waals surface area (Å²) in [6, 6.07) is 7.69. The van der Waals surface area contributed by atoms with Gasteiger partial charge in [0.05, 0.1) is 6.54 Å². The average molecular weight is 327 g/mol. The van der Waals surface area contributed by atoms with Crippen LogP contribution < -0.4 is 10.1 Å². The predicted octanol–water partition coefficient (Wildman–Crippen LogP) is 1.90. The fraction of sp³-hybridized carbons (Fsp3) is 0.500. The maximum atomic E-state index is 11.9. The van der Waals surface area contributed by atoms with Crippen molar-refractivity contribution in [2.45, 2.75) is 6.42 Å². The first-order valence-corrected chi connectivity index (χ1v) is 7.27. The second-order valence-electron chi connectivity index (χ2n) is 4.85. The van der Waals surface area contributed by atoms with Crippen LogP contribution in [0.1, 0.15) is 6.42 Å². The lowest BCUT2D eigenvalue weighted by atomic mass is 9.99. The highest BCUT2D eigenvalue weighted by atomic mass is 79.9. The molecule has 1 fully saturated rings. The zero-order valence-corrected chi connectivity index (χ0v) is 12.6. The lowest BCUT2D eigenvalue weighted by Crippen LogP contribution is -2.45. The van der Waals surface area contributed by atoms with Crippen molar-refractivity contribution in [3.8, 4) is 5.75 Å². The van der Waals surface area contributed by atoms with Crippen molar-refractivity contribution in [1.29, 1.82) is 0 Å². The van der Waals surface area contributed by atoms with Gasteiger partial charge in [0.2, 0.25) is 5.91 Å². The van der Waals surface area contributed by atoms with E-state index in [4.69, 9.17) is 4.74 Å². The van der Waals surface area contributed by atoms with Gasteiger partial charge in [0.1, 0.15) is 12.4 Å². The molecule has 0 atom stereocenters. The molecule has 1 N–H and O–H groups in total. The fourth-order valence-electron chi connectivity index (χ4n) is 1.85. The molecule has 5 heteroatoms. The summed E-state index contributed by atoms with van der Waals surface area (Å²) in [5.41, 5.74) is 0. The van der Waals surface area contributed by atoms with Crippen molar-refractivity contribution in [3.05, 3.63) is 28.7 Å². The molecule has 0 bridgehead atoms. The van der Waals surface area contributed by atoms with Crippen molar-refractivity contribution in [2.24, 2.45) is 5.92 Å². The number of nitrogens with zero attached hydrogens (tertiary/aromatic N) is 1. The Labute approximate surface area is 122 Å². The standard InChI is InChI=1S/C14H19BrN2O2/c1-17(14(18)8-11-9-16-10-11)6-7-19-13-4-2-12(15)3-5-13/h2-5,11,16H,6-10H2,1H3. The number of benzene rings is 1. The molecule has 0 spiro atoms. The Morgan fingerprint density at radius 3 is 2.68 bits per heavy atom. The zero-order chi connectivity index (χ0) is 13.7. The van der Waals surface area contributed by atoms with E-state index in [1.165, 1.54) is 0 Å². The van der Waals surface area contributed by atoms with E-state index < -0.39 is 0 Å². The molecular formula is C14H19BrN2O2. The maximum Gasteiger partial charge on any atom is 0.222 e. The van der Waals surface area contributed by atoms with Gasteiger partial charge in [0, 0.05) is 17.9 Å². The quantitative estimate of drug-likeness (QED) is 0.868. The Kier molecular flexibility index (Phi) is 5.22. The summed E-state index contributed by atoms with van der Waals surface area (Å²) in [4.78, 5) is 13.6. The topological polar surface area (TPSA) is 41.6 Å². The number of rotatable bonds is 6. The summed E-state index contributed by atoms with van der Waals surface area (Å²) in [7, 11) is 1.83. The van der Waals surface area contributed by atoms with E-state index in [2.05, 4.69) is 21.2 Å². The lowest BCUT2D eigenvalue weighted by molar-refractivity contribution is -0.131. The Morgan fingerprint density at radius 2 is 2.11 bits per heavy atom. The molecule has 0 radical (unpaired) electrons. The van der Waals surface area contributed by atoms with Crippen molar-refractivity contribution >= 4 is 21.8 Å². The van der Waals surface area contributed by atoms with Gasteiger partial charge in [-0.2, -0.15) is 0 Å². The molecule has 1 aliphatic rings. The molecule has 1 amide bonds. The largest absolute Gasteiger partial charge is 0.492 e. The summed E-state index contributed by atoms with van der Waals surface area (Å²) in [5.74, 6) is 1.54. The van der Waals surface area contributed by atoms with Gasteiger partial charge in [-0.05, 0) is 43.3 Å². The second-order valence-corrected chi connectivity index (χ2v) is 5.76. The number of nitrogens with one attached hydrogen (secondary N) is 1. The molecule has 1 aliphatic heterocycles. The smallest absolute Gasteiger partial charge is 0.222 e.